The third-order valence-corrected chi connectivity index (χ3v) is 3.80. The van der Waals surface area contributed by atoms with Crippen molar-refractivity contribution in [2.75, 3.05) is 0 Å². The average Bonchev–Trinajstić information content (AvgIpc) is 3.01. The number of thioether (sulfide) groups is 1. The van der Waals surface area contributed by atoms with Crippen LogP contribution in [0.3, 0.4) is 0 Å². The van der Waals surface area contributed by atoms with Gasteiger partial charge >= 0.3 is 0 Å². The van der Waals surface area contributed by atoms with Gasteiger partial charge in [0.15, 0.2) is 0 Å². The highest BCUT2D eigenvalue weighted by molar-refractivity contribution is 8.14. The molecule has 2 heterocycles. The van der Waals surface area contributed by atoms with Gasteiger partial charge in [-0.25, -0.2) is 10.4 Å². The Kier molecular flexibility index (Phi) is 3.64. The van der Waals surface area contributed by atoms with Crippen LogP contribution in [0.4, 0.5) is 0 Å². The van der Waals surface area contributed by atoms with Crippen molar-refractivity contribution in [3.05, 3.63) is 60.1 Å². The predicted molar refractivity (Wildman–Crippen MR) is 78.7 cm³/mol. The van der Waals surface area contributed by atoms with Crippen LogP contribution < -0.4 is 5.43 Å². The van der Waals surface area contributed by atoms with E-state index in [-0.39, 0.29) is 11.2 Å². The van der Waals surface area contributed by atoms with Crippen molar-refractivity contribution in [2.45, 2.75) is 5.25 Å². The molecular formula is C14H11N3O2S. The number of hydrazone groups is 1. The Morgan fingerprint density at radius 1 is 1.25 bits per heavy atom. The number of hydrogen-bond acceptors (Lipinski definition) is 5. The number of carbonyl (C=O) groups excluding carboxylic acids is 1. The van der Waals surface area contributed by atoms with E-state index in [4.69, 9.17) is 4.42 Å². The molecule has 6 heteroatoms. The van der Waals surface area contributed by atoms with Gasteiger partial charge in [-0.2, -0.15) is 0 Å². The van der Waals surface area contributed by atoms with E-state index >= 15 is 0 Å². The Bertz CT molecular complexity index is 650. The fourth-order valence-corrected chi connectivity index (χ4v) is 2.61. The van der Waals surface area contributed by atoms with Crippen molar-refractivity contribution >= 4 is 29.1 Å². The zero-order valence-electron chi connectivity index (χ0n) is 10.4. The number of aliphatic imine (C=N–C) groups is 1. The van der Waals surface area contributed by atoms with Crippen LogP contribution in [-0.4, -0.2) is 17.3 Å². The van der Waals surface area contributed by atoms with Crippen LogP contribution >= 0.6 is 11.8 Å². The third kappa shape index (κ3) is 2.80. The van der Waals surface area contributed by atoms with Gasteiger partial charge in [0.2, 0.25) is 5.17 Å². The lowest BCUT2D eigenvalue weighted by molar-refractivity contribution is -0.120. The van der Waals surface area contributed by atoms with Crippen LogP contribution in [-0.2, 0) is 4.79 Å². The number of furan rings is 1. The Balaban J connectivity index is 1.77. The van der Waals surface area contributed by atoms with Crippen LogP contribution in [0, 0.1) is 0 Å². The molecule has 20 heavy (non-hydrogen) atoms. The number of carbonyl (C=O) groups is 1. The van der Waals surface area contributed by atoms with E-state index in [1.807, 2.05) is 30.3 Å². The Labute approximate surface area is 119 Å². The molecule has 1 N–H and O–H groups in total. The van der Waals surface area contributed by atoms with E-state index in [9.17, 15) is 4.79 Å². The molecule has 1 amide bonds. The fraction of sp³-hybridized carbons (Fsp3) is 0.0714. The normalized spacial score (nSPS) is 18.9. The second-order valence-electron chi connectivity index (χ2n) is 4.05. The second-order valence-corrected chi connectivity index (χ2v) is 5.12. The first-order chi connectivity index (χ1) is 9.83. The predicted octanol–water partition coefficient (Wildman–Crippen LogP) is 2.57. The van der Waals surface area contributed by atoms with E-state index < -0.39 is 0 Å². The number of rotatable bonds is 2. The highest BCUT2D eigenvalue weighted by Crippen LogP contribution is 2.32. The summed E-state index contributed by atoms with van der Waals surface area (Å²) in [5.74, 6) is 0.500. The van der Waals surface area contributed by atoms with Crippen LogP contribution in [0.5, 0.6) is 0 Å². The van der Waals surface area contributed by atoms with Gasteiger partial charge in [-0.1, -0.05) is 42.1 Å². The van der Waals surface area contributed by atoms with E-state index in [1.165, 1.54) is 11.8 Å². The smallest absolute Gasteiger partial charge is 0.258 e. The van der Waals surface area contributed by atoms with Crippen LogP contribution in [0.2, 0.25) is 0 Å². The molecule has 1 aromatic carbocycles. The molecule has 1 aliphatic heterocycles. The summed E-state index contributed by atoms with van der Waals surface area (Å²) < 4.78 is 5.16. The first-order valence-electron chi connectivity index (χ1n) is 5.99. The van der Waals surface area contributed by atoms with Gasteiger partial charge in [0, 0.05) is 0 Å². The summed E-state index contributed by atoms with van der Waals surface area (Å²) in [6, 6.07) is 13.1. The molecule has 1 aliphatic rings. The maximum atomic E-state index is 11.9. The summed E-state index contributed by atoms with van der Waals surface area (Å²) in [5, 5.41) is 4.09. The molecule has 1 unspecified atom stereocenters. The van der Waals surface area contributed by atoms with E-state index in [0.29, 0.717) is 10.9 Å². The van der Waals surface area contributed by atoms with Crippen LogP contribution in [0.25, 0.3) is 0 Å². The van der Waals surface area contributed by atoms with Gasteiger partial charge in [0.25, 0.3) is 5.91 Å². The largest absolute Gasteiger partial charge is 0.463 e. The zero-order valence-corrected chi connectivity index (χ0v) is 11.2. The lowest BCUT2D eigenvalue weighted by Gasteiger charge is -2.18. The summed E-state index contributed by atoms with van der Waals surface area (Å²) in [6.07, 6.45) is 3.15. The first-order valence-corrected chi connectivity index (χ1v) is 6.87. The van der Waals surface area contributed by atoms with Gasteiger partial charge in [-0.3, -0.25) is 4.79 Å². The van der Waals surface area contributed by atoms with Crippen molar-refractivity contribution in [3.8, 4) is 0 Å². The Morgan fingerprint density at radius 3 is 2.85 bits per heavy atom. The number of amidine groups is 1. The average molecular weight is 285 g/mol. The van der Waals surface area contributed by atoms with Crippen molar-refractivity contribution in [3.63, 3.8) is 0 Å². The summed E-state index contributed by atoms with van der Waals surface area (Å²) in [6.45, 7) is 0. The van der Waals surface area contributed by atoms with Crippen molar-refractivity contribution < 1.29 is 9.21 Å². The lowest BCUT2D eigenvalue weighted by atomic mass is 10.1. The van der Waals surface area contributed by atoms with Gasteiger partial charge in [0.1, 0.15) is 11.0 Å². The van der Waals surface area contributed by atoms with Gasteiger partial charge in [-0.05, 0) is 17.7 Å². The third-order valence-electron chi connectivity index (χ3n) is 2.67. The lowest BCUT2D eigenvalue weighted by Crippen LogP contribution is -2.29. The number of nitrogens with zero attached hydrogens (tertiary/aromatic N) is 2. The van der Waals surface area contributed by atoms with E-state index in [1.54, 1.807) is 24.6 Å². The van der Waals surface area contributed by atoms with Crippen molar-refractivity contribution in [1.82, 2.24) is 5.43 Å². The highest BCUT2D eigenvalue weighted by Gasteiger charge is 2.27. The molecule has 100 valence electrons. The summed E-state index contributed by atoms with van der Waals surface area (Å²) in [4.78, 5) is 16.1. The van der Waals surface area contributed by atoms with Gasteiger partial charge in [0.05, 0.1) is 12.5 Å². The molecule has 0 saturated carbocycles. The molecule has 5 nitrogen and oxygen atoms in total. The molecular weight excluding hydrogens is 274 g/mol. The van der Waals surface area contributed by atoms with Crippen LogP contribution in [0.15, 0.2) is 63.2 Å². The molecule has 2 aromatic rings. The SMILES string of the molecule is O=C1NN=C(N=Cc2ccco2)SC1c1ccccc1. The minimum atomic E-state index is -0.336. The van der Waals surface area contributed by atoms with Crippen LogP contribution in [0.1, 0.15) is 16.6 Å². The Morgan fingerprint density at radius 2 is 2.10 bits per heavy atom. The fourth-order valence-electron chi connectivity index (χ4n) is 1.74. The highest BCUT2D eigenvalue weighted by atomic mass is 32.2. The minimum absolute atomic E-state index is 0.141. The second kappa shape index (κ2) is 5.75. The number of hydrogen-bond donors (Lipinski definition) is 1. The molecule has 0 radical (unpaired) electrons. The number of nitrogens with one attached hydrogen (secondary N) is 1. The maximum Gasteiger partial charge on any atom is 0.258 e. The molecule has 0 fully saturated rings. The number of amides is 1. The monoisotopic (exact) mass is 285 g/mol. The molecule has 1 aromatic heterocycles. The molecule has 0 spiro atoms. The van der Waals surface area contributed by atoms with Gasteiger partial charge < -0.3 is 4.42 Å². The zero-order chi connectivity index (χ0) is 13.8. The van der Waals surface area contributed by atoms with E-state index in [2.05, 4.69) is 15.5 Å². The minimum Gasteiger partial charge on any atom is -0.463 e. The topological polar surface area (TPSA) is 67.0 Å². The molecule has 0 bridgehead atoms. The molecule has 3 rings (SSSR count). The quantitative estimate of drug-likeness (QED) is 0.862. The first kappa shape index (κ1) is 12.7. The summed E-state index contributed by atoms with van der Waals surface area (Å²) >= 11 is 1.31. The molecule has 1 atom stereocenters. The van der Waals surface area contributed by atoms with Crippen molar-refractivity contribution in [1.29, 1.82) is 0 Å². The summed E-state index contributed by atoms with van der Waals surface area (Å²) in [5.41, 5.74) is 3.42. The molecule has 0 saturated heterocycles. The summed E-state index contributed by atoms with van der Waals surface area (Å²) in [7, 11) is 0. The Hall–Kier alpha value is -2.34. The standard InChI is InChI=1S/C14H11N3O2S/c18-13-12(10-5-2-1-3-6-10)20-14(17-16-13)15-9-11-7-4-8-19-11/h1-9,12H,(H,16,18). The van der Waals surface area contributed by atoms with Gasteiger partial charge in [-0.15, -0.1) is 5.10 Å². The number of benzene rings is 1. The molecule has 0 aliphatic carbocycles. The van der Waals surface area contributed by atoms with Crippen molar-refractivity contribution in [2.24, 2.45) is 10.1 Å². The maximum absolute atomic E-state index is 11.9. The van der Waals surface area contributed by atoms with E-state index in [0.717, 1.165) is 5.56 Å².